The smallest absolute Gasteiger partial charge is 0.337 e. The molecule has 2 rings (SSSR count). The summed E-state index contributed by atoms with van der Waals surface area (Å²) < 4.78 is 4.63. The molecule has 6 heteroatoms. The highest BCUT2D eigenvalue weighted by atomic mass is 35.5. The molecule has 5 nitrogen and oxygen atoms in total. The van der Waals surface area contributed by atoms with Gasteiger partial charge in [-0.1, -0.05) is 17.7 Å². The quantitative estimate of drug-likeness (QED) is 0.794. The van der Waals surface area contributed by atoms with E-state index in [1.165, 1.54) is 7.11 Å². The Morgan fingerprint density at radius 2 is 1.83 bits per heavy atom. The van der Waals surface area contributed by atoms with E-state index in [9.17, 15) is 9.59 Å². The van der Waals surface area contributed by atoms with E-state index in [4.69, 9.17) is 11.6 Å². The Kier molecular flexibility index (Phi) is 6.00. The maximum atomic E-state index is 11.8. The number of ether oxygens (including phenoxy) is 1. The van der Waals surface area contributed by atoms with Crippen LogP contribution in [0.25, 0.3) is 0 Å². The van der Waals surface area contributed by atoms with Crippen molar-refractivity contribution in [1.82, 2.24) is 0 Å². The van der Waals surface area contributed by atoms with Crippen molar-refractivity contribution in [2.45, 2.75) is 6.42 Å². The first-order chi connectivity index (χ1) is 11.1. The molecule has 0 bridgehead atoms. The van der Waals surface area contributed by atoms with Gasteiger partial charge in [0.05, 0.1) is 12.7 Å². The standard InChI is InChI=1S/C17H17ClN2O3/c1-23-17(22)12-5-7-14(8-6-12)19-10-9-16(21)20-15-4-2-3-13(18)11-15/h2-8,11,19H,9-10H2,1H3,(H,20,21). The lowest BCUT2D eigenvalue weighted by Gasteiger charge is -2.08. The summed E-state index contributed by atoms with van der Waals surface area (Å²) in [7, 11) is 1.34. The van der Waals surface area contributed by atoms with Crippen molar-refractivity contribution in [3.05, 3.63) is 59.1 Å². The lowest BCUT2D eigenvalue weighted by Crippen LogP contribution is -2.16. The summed E-state index contributed by atoms with van der Waals surface area (Å²) in [6.45, 7) is 0.476. The topological polar surface area (TPSA) is 67.4 Å². The number of carbonyl (C=O) groups is 2. The summed E-state index contributed by atoms with van der Waals surface area (Å²) in [6.07, 6.45) is 0.311. The molecule has 23 heavy (non-hydrogen) atoms. The average molecular weight is 333 g/mol. The Morgan fingerprint density at radius 3 is 2.48 bits per heavy atom. The normalized spacial score (nSPS) is 10.0. The maximum absolute atomic E-state index is 11.8. The highest BCUT2D eigenvalue weighted by Gasteiger charge is 2.05. The highest BCUT2D eigenvalue weighted by molar-refractivity contribution is 6.30. The van der Waals surface area contributed by atoms with Gasteiger partial charge in [-0.05, 0) is 42.5 Å². The number of anilines is 2. The molecular formula is C17H17ClN2O3. The fourth-order valence-electron chi connectivity index (χ4n) is 1.95. The number of hydrogen-bond donors (Lipinski definition) is 2. The maximum Gasteiger partial charge on any atom is 0.337 e. The van der Waals surface area contributed by atoms with Crippen molar-refractivity contribution in [3.8, 4) is 0 Å². The predicted molar refractivity (Wildman–Crippen MR) is 91.0 cm³/mol. The minimum absolute atomic E-state index is 0.106. The van der Waals surface area contributed by atoms with Crippen LogP contribution < -0.4 is 10.6 Å². The molecule has 0 radical (unpaired) electrons. The van der Waals surface area contributed by atoms with Gasteiger partial charge in [-0.15, -0.1) is 0 Å². The summed E-state index contributed by atoms with van der Waals surface area (Å²) in [5, 5.41) is 6.47. The number of methoxy groups -OCH3 is 1. The van der Waals surface area contributed by atoms with E-state index in [-0.39, 0.29) is 11.9 Å². The molecule has 0 aliphatic rings. The molecular weight excluding hydrogens is 316 g/mol. The lowest BCUT2D eigenvalue weighted by atomic mass is 10.2. The molecule has 0 aromatic heterocycles. The van der Waals surface area contributed by atoms with Gasteiger partial charge in [-0.25, -0.2) is 4.79 Å². The molecule has 1 amide bonds. The summed E-state index contributed by atoms with van der Waals surface area (Å²) >= 11 is 5.86. The molecule has 0 heterocycles. The van der Waals surface area contributed by atoms with Gasteiger partial charge in [0.25, 0.3) is 0 Å². The Balaban J connectivity index is 1.78. The van der Waals surface area contributed by atoms with Crippen molar-refractivity contribution in [2.24, 2.45) is 0 Å². The van der Waals surface area contributed by atoms with Crippen LogP contribution in [0.2, 0.25) is 5.02 Å². The minimum atomic E-state index is -0.377. The molecule has 0 saturated carbocycles. The first-order valence-electron chi connectivity index (χ1n) is 7.06. The van der Waals surface area contributed by atoms with Crippen LogP contribution in [0, 0.1) is 0 Å². The van der Waals surface area contributed by atoms with E-state index in [0.29, 0.717) is 29.2 Å². The summed E-state index contributed by atoms with van der Waals surface area (Å²) in [5.41, 5.74) is 1.98. The number of rotatable bonds is 6. The number of nitrogens with one attached hydrogen (secondary N) is 2. The zero-order valence-electron chi connectivity index (χ0n) is 12.6. The van der Waals surface area contributed by atoms with E-state index in [0.717, 1.165) is 5.69 Å². The van der Waals surface area contributed by atoms with Gasteiger partial charge < -0.3 is 15.4 Å². The van der Waals surface area contributed by atoms with Gasteiger partial charge in [0.1, 0.15) is 0 Å². The number of hydrogen-bond acceptors (Lipinski definition) is 4. The van der Waals surface area contributed by atoms with Crippen LogP contribution >= 0.6 is 11.6 Å². The number of benzene rings is 2. The molecule has 0 spiro atoms. The number of esters is 1. The van der Waals surface area contributed by atoms with E-state index in [2.05, 4.69) is 15.4 Å². The first kappa shape index (κ1) is 16.8. The molecule has 0 aliphatic heterocycles. The van der Waals surface area contributed by atoms with Crippen molar-refractivity contribution in [2.75, 3.05) is 24.3 Å². The third kappa shape index (κ3) is 5.30. The zero-order valence-corrected chi connectivity index (χ0v) is 13.4. The van der Waals surface area contributed by atoms with Crippen LogP contribution in [0.1, 0.15) is 16.8 Å². The van der Waals surface area contributed by atoms with E-state index in [1.807, 2.05) is 0 Å². The zero-order chi connectivity index (χ0) is 16.7. The molecule has 0 fully saturated rings. The predicted octanol–water partition coefficient (Wildman–Crippen LogP) is 3.57. The van der Waals surface area contributed by atoms with Crippen LogP contribution in [0.15, 0.2) is 48.5 Å². The summed E-state index contributed by atoms with van der Waals surface area (Å²) in [6, 6.07) is 13.9. The van der Waals surface area contributed by atoms with Gasteiger partial charge in [-0.3, -0.25) is 4.79 Å². The summed E-state index contributed by atoms with van der Waals surface area (Å²) in [4.78, 5) is 23.2. The second-order valence-corrected chi connectivity index (χ2v) is 5.24. The molecule has 0 atom stereocenters. The Hall–Kier alpha value is -2.53. The fourth-order valence-corrected chi connectivity index (χ4v) is 2.14. The molecule has 120 valence electrons. The lowest BCUT2D eigenvalue weighted by molar-refractivity contribution is -0.115. The van der Waals surface area contributed by atoms with Crippen LogP contribution in [-0.4, -0.2) is 25.5 Å². The molecule has 0 aliphatic carbocycles. The number of halogens is 1. The van der Waals surface area contributed by atoms with E-state index in [1.54, 1.807) is 48.5 Å². The Labute approximate surface area is 139 Å². The second kappa shape index (κ2) is 8.19. The highest BCUT2D eigenvalue weighted by Crippen LogP contribution is 2.15. The van der Waals surface area contributed by atoms with Crippen molar-refractivity contribution < 1.29 is 14.3 Å². The van der Waals surface area contributed by atoms with Crippen molar-refractivity contribution >= 4 is 34.9 Å². The van der Waals surface area contributed by atoms with Crippen LogP contribution in [0.3, 0.4) is 0 Å². The van der Waals surface area contributed by atoms with Gasteiger partial charge in [0, 0.05) is 29.4 Å². The molecule has 0 unspecified atom stereocenters. The molecule has 2 N–H and O–H groups in total. The van der Waals surface area contributed by atoms with Crippen LogP contribution in [0.4, 0.5) is 11.4 Å². The number of amides is 1. The molecule has 0 saturated heterocycles. The van der Waals surface area contributed by atoms with E-state index < -0.39 is 0 Å². The van der Waals surface area contributed by atoms with Crippen molar-refractivity contribution in [1.29, 1.82) is 0 Å². The largest absolute Gasteiger partial charge is 0.465 e. The van der Waals surface area contributed by atoms with Gasteiger partial charge in [0.15, 0.2) is 0 Å². The molecule has 2 aromatic carbocycles. The fraction of sp³-hybridized carbons (Fsp3) is 0.176. The minimum Gasteiger partial charge on any atom is -0.465 e. The molecule has 2 aromatic rings. The Morgan fingerprint density at radius 1 is 1.09 bits per heavy atom. The van der Waals surface area contributed by atoms with Crippen molar-refractivity contribution in [3.63, 3.8) is 0 Å². The van der Waals surface area contributed by atoms with Gasteiger partial charge in [0.2, 0.25) is 5.91 Å². The SMILES string of the molecule is COC(=O)c1ccc(NCCC(=O)Nc2cccc(Cl)c2)cc1. The first-order valence-corrected chi connectivity index (χ1v) is 7.44. The van der Waals surface area contributed by atoms with Crippen LogP contribution in [-0.2, 0) is 9.53 Å². The second-order valence-electron chi connectivity index (χ2n) is 4.80. The van der Waals surface area contributed by atoms with Crippen LogP contribution in [0.5, 0.6) is 0 Å². The Bertz CT molecular complexity index is 686. The average Bonchev–Trinajstić information content (AvgIpc) is 2.55. The van der Waals surface area contributed by atoms with E-state index >= 15 is 0 Å². The monoisotopic (exact) mass is 332 g/mol. The van der Waals surface area contributed by atoms with Gasteiger partial charge in [-0.2, -0.15) is 0 Å². The summed E-state index contributed by atoms with van der Waals surface area (Å²) in [5.74, 6) is -0.483. The van der Waals surface area contributed by atoms with Gasteiger partial charge >= 0.3 is 5.97 Å². The third-order valence-corrected chi connectivity index (χ3v) is 3.33. The third-order valence-electron chi connectivity index (χ3n) is 3.10. The number of carbonyl (C=O) groups excluding carboxylic acids is 2.